The maximum Gasteiger partial charge on any atom is 0.340 e. The number of ether oxygens (including phenoxy) is 1. The molecule has 104 valence electrons. The second-order valence-corrected chi connectivity index (χ2v) is 4.78. The van der Waals surface area contributed by atoms with E-state index in [9.17, 15) is 4.79 Å². The highest BCUT2D eigenvalue weighted by Gasteiger charge is 2.12. The van der Waals surface area contributed by atoms with Crippen LogP contribution in [0, 0.1) is 6.92 Å². The molecule has 0 spiro atoms. The molecular weight excluding hydrogens is 250 g/mol. The molecule has 0 saturated heterocycles. The SMILES string of the molecule is CCc1ccc(COC(=O)c2cccc(C)c2N)cc1. The summed E-state index contributed by atoms with van der Waals surface area (Å²) in [5.74, 6) is -0.384. The molecule has 2 aromatic carbocycles. The summed E-state index contributed by atoms with van der Waals surface area (Å²) in [5, 5.41) is 0. The zero-order chi connectivity index (χ0) is 14.5. The molecule has 0 atom stereocenters. The highest BCUT2D eigenvalue weighted by atomic mass is 16.5. The van der Waals surface area contributed by atoms with Crippen LogP contribution in [-0.2, 0) is 17.8 Å². The Hall–Kier alpha value is -2.29. The Morgan fingerprint density at radius 3 is 2.40 bits per heavy atom. The van der Waals surface area contributed by atoms with Crippen LogP contribution in [0.5, 0.6) is 0 Å². The van der Waals surface area contributed by atoms with Gasteiger partial charge in [0.2, 0.25) is 0 Å². The van der Waals surface area contributed by atoms with Gasteiger partial charge in [0.25, 0.3) is 0 Å². The van der Waals surface area contributed by atoms with Crippen LogP contribution in [0.3, 0.4) is 0 Å². The number of nitrogen functional groups attached to an aromatic ring is 1. The number of hydrogen-bond acceptors (Lipinski definition) is 3. The number of carbonyl (C=O) groups excluding carboxylic acids is 1. The number of rotatable bonds is 4. The van der Waals surface area contributed by atoms with Gasteiger partial charge < -0.3 is 10.5 Å². The molecular formula is C17H19NO2. The smallest absolute Gasteiger partial charge is 0.340 e. The molecule has 2 rings (SSSR count). The first-order valence-corrected chi connectivity index (χ1v) is 6.72. The monoisotopic (exact) mass is 269 g/mol. The van der Waals surface area contributed by atoms with E-state index >= 15 is 0 Å². The Labute approximate surface area is 119 Å². The summed E-state index contributed by atoms with van der Waals surface area (Å²) in [6.45, 7) is 4.24. The van der Waals surface area contributed by atoms with E-state index in [-0.39, 0.29) is 12.6 Å². The average Bonchev–Trinajstić information content (AvgIpc) is 2.48. The van der Waals surface area contributed by atoms with Crippen molar-refractivity contribution in [2.45, 2.75) is 26.9 Å². The van der Waals surface area contributed by atoms with E-state index in [2.05, 4.69) is 6.92 Å². The fourth-order valence-corrected chi connectivity index (χ4v) is 1.96. The third-order valence-corrected chi connectivity index (χ3v) is 3.35. The predicted octanol–water partition coefficient (Wildman–Crippen LogP) is 3.50. The summed E-state index contributed by atoms with van der Waals surface area (Å²) < 4.78 is 5.30. The van der Waals surface area contributed by atoms with Crippen molar-refractivity contribution in [1.82, 2.24) is 0 Å². The molecule has 0 aliphatic heterocycles. The second kappa shape index (κ2) is 6.24. The number of carbonyl (C=O) groups is 1. The molecule has 2 aromatic rings. The van der Waals surface area contributed by atoms with Gasteiger partial charge >= 0.3 is 5.97 Å². The number of para-hydroxylation sites is 1. The van der Waals surface area contributed by atoms with E-state index in [1.807, 2.05) is 37.3 Å². The van der Waals surface area contributed by atoms with Crippen molar-refractivity contribution in [2.24, 2.45) is 0 Å². The van der Waals surface area contributed by atoms with E-state index < -0.39 is 0 Å². The lowest BCUT2D eigenvalue weighted by Crippen LogP contribution is -2.09. The molecule has 0 bridgehead atoms. The molecule has 0 saturated carbocycles. The molecule has 0 fully saturated rings. The Morgan fingerprint density at radius 1 is 1.10 bits per heavy atom. The van der Waals surface area contributed by atoms with E-state index in [1.54, 1.807) is 12.1 Å². The normalized spacial score (nSPS) is 10.3. The molecule has 0 radical (unpaired) electrons. The van der Waals surface area contributed by atoms with Crippen LogP contribution in [0.15, 0.2) is 42.5 Å². The molecule has 3 heteroatoms. The minimum absolute atomic E-state index is 0.260. The Morgan fingerprint density at radius 2 is 1.75 bits per heavy atom. The van der Waals surface area contributed by atoms with Gasteiger partial charge in [0.15, 0.2) is 0 Å². The lowest BCUT2D eigenvalue weighted by atomic mass is 10.1. The number of aryl methyl sites for hydroxylation is 2. The van der Waals surface area contributed by atoms with Crippen LogP contribution in [-0.4, -0.2) is 5.97 Å². The zero-order valence-electron chi connectivity index (χ0n) is 11.8. The Balaban J connectivity index is 2.02. The van der Waals surface area contributed by atoms with E-state index in [4.69, 9.17) is 10.5 Å². The molecule has 0 aliphatic carbocycles. The largest absolute Gasteiger partial charge is 0.457 e. The maximum absolute atomic E-state index is 12.0. The Bertz CT molecular complexity index is 603. The minimum Gasteiger partial charge on any atom is -0.457 e. The van der Waals surface area contributed by atoms with Gasteiger partial charge in [-0.2, -0.15) is 0 Å². The highest BCUT2D eigenvalue weighted by Crippen LogP contribution is 2.18. The van der Waals surface area contributed by atoms with Crippen molar-refractivity contribution in [1.29, 1.82) is 0 Å². The summed E-state index contributed by atoms with van der Waals surface area (Å²) in [7, 11) is 0. The first-order valence-electron chi connectivity index (χ1n) is 6.72. The van der Waals surface area contributed by atoms with Crippen molar-refractivity contribution in [2.75, 3.05) is 5.73 Å². The Kier molecular flexibility index (Phi) is 4.41. The van der Waals surface area contributed by atoms with Crippen molar-refractivity contribution in [3.8, 4) is 0 Å². The summed E-state index contributed by atoms with van der Waals surface area (Å²) in [5.41, 5.74) is 9.92. The van der Waals surface area contributed by atoms with Crippen molar-refractivity contribution < 1.29 is 9.53 Å². The van der Waals surface area contributed by atoms with Crippen molar-refractivity contribution >= 4 is 11.7 Å². The number of hydrogen-bond donors (Lipinski definition) is 1. The van der Waals surface area contributed by atoms with E-state index in [1.165, 1.54) is 5.56 Å². The molecule has 2 N–H and O–H groups in total. The van der Waals surface area contributed by atoms with E-state index in [0.29, 0.717) is 11.3 Å². The number of nitrogens with two attached hydrogens (primary N) is 1. The molecule has 0 unspecified atom stereocenters. The molecule has 3 nitrogen and oxygen atoms in total. The molecule has 0 aromatic heterocycles. The van der Waals surface area contributed by atoms with Gasteiger partial charge in [0, 0.05) is 5.69 Å². The van der Waals surface area contributed by atoms with Crippen LogP contribution < -0.4 is 5.73 Å². The van der Waals surface area contributed by atoms with Crippen molar-refractivity contribution in [3.05, 3.63) is 64.7 Å². The van der Waals surface area contributed by atoms with E-state index in [0.717, 1.165) is 17.5 Å². The van der Waals surface area contributed by atoms with Gasteiger partial charge in [0.05, 0.1) is 5.56 Å². The van der Waals surface area contributed by atoms with Crippen LogP contribution in [0.25, 0.3) is 0 Å². The first-order chi connectivity index (χ1) is 9.61. The fraction of sp³-hybridized carbons (Fsp3) is 0.235. The fourth-order valence-electron chi connectivity index (χ4n) is 1.96. The van der Waals surface area contributed by atoms with Gasteiger partial charge in [-0.05, 0) is 36.1 Å². The average molecular weight is 269 g/mol. The molecule has 0 amide bonds. The molecule has 0 heterocycles. The number of esters is 1. The zero-order valence-corrected chi connectivity index (χ0v) is 11.8. The summed E-state index contributed by atoms with van der Waals surface area (Å²) >= 11 is 0. The number of benzene rings is 2. The number of anilines is 1. The highest BCUT2D eigenvalue weighted by molar-refractivity contribution is 5.95. The lowest BCUT2D eigenvalue weighted by Gasteiger charge is -2.09. The molecule has 0 aliphatic rings. The van der Waals surface area contributed by atoms with Crippen LogP contribution >= 0.6 is 0 Å². The van der Waals surface area contributed by atoms with Gasteiger partial charge in [0.1, 0.15) is 6.61 Å². The van der Waals surface area contributed by atoms with Crippen LogP contribution in [0.4, 0.5) is 5.69 Å². The maximum atomic E-state index is 12.0. The first kappa shape index (κ1) is 14.1. The quantitative estimate of drug-likeness (QED) is 0.682. The summed E-state index contributed by atoms with van der Waals surface area (Å²) in [4.78, 5) is 12.0. The summed E-state index contributed by atoms with van der Waals surface area (Å²) in [6.07, 6.45) is 1.000. The lowest BCUT2D eigenvalue weighted by molar-refractivity contribution is 0.0474. The van der Waals surface area contributed by atoms with Gasteiger partial charge in [-0.1, -0.05) is 43.3 Å². The molecule has 20 heavy (non-hydrogen) atoms. The summed E-state index contributed by atoms with van der Waals surface area (Å²) in [6, 6.07) is 13.4. The van der Waals surface area contributed by atoms with Crippen LogP contribution in [0.1, 0.15) is 34.0 Å². The topological polar surface area (TPSA) is 52.3 Å². The third kappa shape index (κ3) is 3.18. The second-order valence-electron chi connectivity index (χ2n) is 4.78. The van der Waals surface area contributed by atoms with Crippen LogP contribution in [0.2, 0.25) is 0 Å². The minimum atomic E-state index is -0.384. The van der Waals surface area contributed by atoms with Gasteiger partial charge in [-0.3, -0.25) is 0 Å². The van der Waals surface area contributed by atoms with Crippen molar-refractivity contribution in [3.63, 3.8) is 0 Å². The van der Waals surface area contributed by atoms with Gasteiger partial charge in [-0.25, -0.2) is 4.79 Å². The predicted molar refractivity (Wildman–Crippen MR) is 80.5 cm³/mol. The standard InChI is InChI=1S/C17H19NO2/c1-3-13-7-9-14(10-8-13)11-20-17(19)15-6-4-5-12(2)16(15)18/h4-10H,3,11,18H2,1-2H3. The van der Waals surface area contributed by atoms with Gasteiger partial charge in [-0.15, -0.1) is 0 Å². The third-order valence-electron chi connectivity index (χ3n) is 3.35.